The molecule has 0 bridgehead atoms. The van der Waals surface area contributed by atoms with Gasteiger partial charge in [0.15, 0.2) is 9.84 Å². The highest BCUT2D eigenvalue weighted by Crippen LogP contribution is 2.26. The Morgan fingerprint density at radius 2 is 2.00 bits per heavy atom. The minimum Gasteiger partial charge on any atom is -0.324 e. The highest BCUT2D eigenvalue weighted by Gasteiger charge is 2.29. The van der Waals surface area contributed by atoms with Crippen molar-refractivity contribution in [2.75, 3.05) is 17.6 Å². The van der Waals surface area contributed by atoms with Crippen LogP contribution in [0.5, 0.6) is 0 Å². The van der Waals surface area contributed by atoms with Crippen LogP contribution in [0.4, 0.5) is 10.1 Å². The van der Waals surface area contributed by atoms with Gasteiger partial charge in [-0.1, -0.05) is 18.9 Å². The van der Waals surface area contributed by atoms with Crippen molar-refractivity contribution in [1.82, 2.24) is 5.32 Å². The lowest BCUT2D eigenvalue weighted by atomic mass is 9.99. The fourth-order valence-corrected chi connectivity index (χ4v) is 5.35. The molecule has 8 heteroatoms. The largest absolute Gasteiger partial charge is 0.324 e. The summed E-state index contributed by atoms with van der Waals surface area (Å²) < 4.78 is 38.8. The number of carbonyl (C=O) groups is 1. The molecule has 1 heterocycles. The number of hydrogen-bond donors (Lipinski definition) is 2. The van der Waals surface area contributed by atoms with E-state index in [4.69, 9.17) is 0 Å². The van der Waals surface area contributed by atoms with Gasteiger partial charge in [0.25, 0.3) is 0 Å². The summed E-state index contributed by atoms with van der Waals surface area (Å²) in [5.74, 6) is -1.02. The predicted molar refractivity (Wildman–Crippen MR) is 98.3 cm³/mol. The van der Waals surface area contributed by atoms with E-state index in [0.29, 0.717) is 37.9 Å². The van der Waals surface area contributed by atoms with Crippen molar-refractivity contribution in [2.24, 2.45) is 0 Å². The van der Waals surface area contributed by atoms with Gasteiger partial charge in [0, 0.05) is 13.0 Å². The number of nitrogens with one attached hydrogen (secondary N) is 2. The number of hydrogen-bond acceptors (Lipinski definition) is 4. The third-order valence-corrected chi connectivity index (χ3v) is 7.17. The van der Waals surface area contributed by atoms with E-state index in [1.165, 1.54) is 0 Å². The molecule has 1 aromatic carbocycles. The highest BCUT2D eigenvalue weighted by molar-refractivity contribution is 7.92. The van der Waals surface area contributed by atoms with Crippen LogP contribution in [-0.4, -0.2) is 31.9 Å². The average Bonchev–Trinajstić information content (AvgIpc) is 3.11. The van der Waals surface area contributed by atoms with Gasteiger partial charge in [0.05, 0.1) is 16.7 Å². The van der Waals surface area contributed by atoms with Crippen molar-refractivity contribution in [3.8, 4) is 0 Å². The van der Waals surface area contributed by atoms with Gasteiger partial charge in [-0.05, 0) is 43.0 Å². The third kappa shape index (κ3) is 4.71. The summed E-state index contributed by atoms with van der Waals surface area (Å²) >= 11 is 0. The van der Waals surface area contributed by atoms with Crippen molar-refractivity contribution < 1.29 is 17.6 Å². The first-order valence-corrected chi connectivity index (χ1v) is 10.2. The van der Waals surface area contributed by atoms with Gasteiger partial charge < -0.3 is 10.6 Å². The Morgan fingerprint density at radius 1 is 1.28 bits per heavy atom. The maximum atomic E-state index is 14.5. The van der Waals surface area contributed by atoms with Crippen LogP contribution < -0.4 is 10.6 Å². The van der Waals surface area contributed by atoms with Crippen molar-refractivity contribution in [1.29, 1.82) is 0 Å². The maximum Gasteiger partial charge on any atom is 0.225 e. The molecule has 1 amide bonds. The van der Waals surface area contributed by atoms with Gasteiger partial charge in [0.1, 0.15) is 5.82 Å². The number of halogens is 2. The van der Waals surface area contributed by atoms with Crippen LogP contribution >= 0.6 is 12.4 Å². The van der Waals surface area contributed by atoms with E-state index >= 15 is 0 Å². The first-order chi connectivity index (χ1) is 11.5. The molecular formula is C17H24ClFN2O3S. The summed E-state index contributed by atoms with van der Waals surface area (Å²) in [5, 5.41) is 5.39. The molecule has 140 valence electrons. The molecule has 1 aromatic rings. The van der Waals surface area contributed by atoms with E-state index in [1.807, 2.05) is 0 Å². The molecule has 2 aliphatic rings. The molecule has 1 aliphatic carbocycles. The first-order valence-electron chi connectivity index (χ1n) is 8.50. The number of sulfone groups is 1. The molecule has 0 atom stereocenters. The Kier molecular flexibility index (Phi) is 6.82. The second-order valence-corrected chi connectivity index (χ2v) is 8.96. The second kappa shape index (κ2) is 8.47. The van der Waals surface area contributed by atoms with Gasteiger partial charge in [-0.25, -0.2) is 12.8 Å². The second-order valence-electron chi connectivity index (χ2n) is 6.56. The SMILES string of the molecule is Cl.O=C(CCS(=O)(=O)C1CCCC1)Nc1ccc2c(c1F)CCNC2. The fraction of sp³-hybridized carbons (Fsp3) is 0.588. The lowest BCUT2D eigenvalue weighted by molar-refractivity contribution is -0.115. The van der Waals surface area contributed by atoms with E-state index in [0.717, 1.165) is 18.4 Å². The predicted octanol–water partition coefficient (Wildman–Crippen LogP) is 2.58. The van der Waals surface area contributed by atoms with E-state index in [1.54, 1.807) is 12.1 Å². The number of anilines is 1. The maximum absolute atomic E-state index is 14.5. The standard InChI is InChI=1S/C17H23FN2O3S.ClH/c18-17-14-7-9-19-11-12(14)5-6-15(17)20-16(21)8-10-24(22,23)13-3-1-2-4-13;/h5-6,13,19H,1-4,7-11H2,(H,20,21);1H. The molecule has 3 rings (SSSR count). The minimum absolute atomic E-state index is 0. The Hall–Kier alpha value is -1.18. The van der Waals surface area contributed by atoms with Crippen LogP contribution in [0.15, 0.2) is 12.1 Å². The number of carbonyl (C=O) groups excluding carboxylic acids is 1. The monoisotopic (exact) mass is 390 g/mol. The zero-order valence-electron chi connectivity index (χ0n) is 14.0. The summed E-state index contributed by atoms with van der Waals surface area (Å²) in [4.78, 5) is 12.0. The van der Waals surface area contributed by atoms with Crippen LogP contribution in [0.1, 0.15) is 43.2 Å². The Bertz CT molecular complexity index is 734. The summed E-state index contributed by atoms with van der Waals surface area (Å²) in [6, 6.07) is 3.35. The number of benzene rings is 1. The molecule has 1 aliphatic heterocycles. The minimum atomic E-state index is -3.23. The molecule has 1 fully saturated rings. The summed E-state index contributed by atoms with van der Waals surface area (Å²) in [6.07, 6.45) is 3.71. The highest BCUT2D eigenvalue weighted by atomic mass is 35.5. The molecule has 1 saturated carbocycles. The fourth-order valence-electron chi connectivity index (χ4n) is 3.49. The van der Waals surface area contributed by atoms with Crippen molar-refractivity contribution in [2.45, 2.75) is 50.3 Å². The molecule has 0 aromatic heterocycles. The molecule has 5 nitrogen and oxygen atoms in total. The van der Waals surface area contributed by atoms with E-state index in [9.17, 15) is 17.6 Å². The Balaban J connectivity index is 0.00000225. The quantitative estimate of drug-likeness (QED) is 0.810. The van der Waals surface area contributed by atoms with Crippen molar-refractivity contribution >= 4 is 33.8 Å². The molecule has 0 saturated heterocycles. The molecule has 2 N–H and O–H groups in total. The summed E-state index contributed by atoms with van der Waals surface area (Å²) in [5.41, 5.74) is 1.67. The van der Waals surface area contributed by atoms with Crippen LogP contribution in [0, 0.1) is 5.82 Å². The molecular weight excluding hydrogens is 367 g/mol. The molecule has 0 unspecified atom stereocenters. The molecule has 0 radical (unpaired) electrons. The van der Waals surface area contributed by atoms with Gasteiger partial charge in [-0.2, -0.15) is 0 Å². The zero-order valence-corrected chi connectivity index (χ0v) is 15.6. The first kappa shape index (κ1) is 20.1. The van der Waals surface area contributed by atoms with Crippen molar-refractivity contribution in [3.05, 3.63) is 29.1 Å². The van der Waals surface area contributed by atoms with Gasteiger partial charge in [-0.3, -0.25) is 4.79 Å². The molecule has 0 spiro atoms. The van der Waals surface area contributed by atoms with Gasteiger partial charge in [-0.15, -0.1) is 12.4 Å². The topological polar surface area (TPSA) is 75.3 Å². The lowest BCUT2D eigenvalue weighted by Crippen LogP contribution is -2.26. The third-order valence-electron chi connectivity index (χ3n) is 4.91. The lowest BCUT2D eigenvalue weighted by Gasteiger charge is -2.19. The van der Waals surface area contributed by atoms with E-state index < -0.39 is 21.6 Å². The van der Waals surface area contributed by atoms with Crippen LogP contribution in [0.25, 0.3) is 0 Å². The van der Waals surface area contributed by atoms with Gasteiger partial charge in [0.2, 0.25) is 5.91 Å². The summed E-state index contributed by atoms with van der Waals surface area (Å²) in [6.45, 7) is 1.33. The number of rotatable bonds is 5. The van der Waals surface area contributed by atoms with Crippen LogP contribution in [-0.2, 0) is 27.6 Å². The van der Waals surface area contributed by atoms with E-state index in [-0.39, 0.29) is 35.5 Å². The smallest absolute Gasteiger partial charge is 0.225 e. The molecule has 25 heavy (non-hydrogen) atoms. The number of amides is 1. The summed E-state index contributed by atoms with van der Waals surface area (Å²) in [7, 11) is -3.23. The van der Waals surface area contributed by atoms with Crippen LogP contribution in [0.2, 0.25) is 0 Å². The Morgan fingerprint density at radius 3 is 2.72 bits per heavy atom. The average molecular weight is 391 g/mol. The van der Waals surface area contributed by atoms with Crippen molar-refractivity contribution in [3.63, 3.8) is 0 Å². The Labute approximate surface area is 154 Å². The number of fused-ring (bicyclic) bond motifs is 1. The van der Waals surface area contributed by atoms with Gasteiger partial charge >= 0.3 is 0 Å². The zero-order chi connectivity index (χ0) is 17.2. The van der Waals surface area contributed by atoms with Crippen LogP contribution in [0.3, 0.4) is 0 Å². The van der Waals surface area contributed by atoms with E-state index in [2.05, 4.69) is 10.6 Å². The normalized spacial score (nSPS) is 17.6.